The molecular weight excluding hydrogens is 276 g/mol. The molecule has 0 saturated carbocycles. The van der Waals surface area contributed by atoms with Crippen molar-refractivity contribution < 1.29 is 9.52 Å². The van der Waals surface area contributed by atoms with E-state index in [1.807, 2.05) is 12.3 Å². The van der Waals surface area contributed by atoms with Crippen molar-refractivity contribution in [3.63, 3.8) is 0 Å². The molecule has 0 unspecified atom stereocenters. The van der Waals surface area contributed by atoms with Crippen LogP contribution in [-0.4, -0.2) is 16.3 Å². The van der Waals surface area contributed by atoms with Gasteiger partial charge in [-0.25, -0.2) is 14.8 Å². The first-order valence-electron chi connectivity index (χ1n) is 5.86. The summed E-state index contributed by atoms with van der Waals surface area (Å²) in [5.41, 5.74) is 0.601. The van der Waals surface area contributed by atoms with Gasteiger partial charge in [-0.05, 0) is 19.1 Å². The molecule has 2 heterocycles. The number of benzene rings is 1. The van der Waals surface area contributed by atoms with Crippen molar-refractivity contribution in [1.82, 2.24) is 4.98 Å². The molecule has 5 nitrogen and oxygen atoms in total. The quantitative estimate of drug-likeness (QED) is 0.580. The molecule has 3 aromatic rings. The maximum Gasteiger partial charge on any atom is 0.348 e. The van der Waals surface area contributed by atoms with E-state index < -0.39 is 5.63 Å². The molecule has 0 spiro atoms. The van der Waals surface area contributed by atoms with E-state index in [2.05, 4.69) is 9.98 Å². The molecule has 20 heavy (non-hydrogen) atoms. The van der Waals surface area contributed by atoms with Gasteiger partial charge in [0.1, 0.15) is 16.9 Å². The summed E-state index contributed by atoms with van der Waals surface area (Å²) in [7, 11) is 0. The Morgan fingerprint density at radius 1 is 1.40 bits per heavy atom. The highest BCUT2D eigenvalue weighted by molar-refractivity contribution is 7.13. The minimum Gasteiger partial charge on any atom is -0.506 e. The second-order valence-electron chi connectivity index (χ2n) is 4.18. The summed E-state index contributed by atoms with van der Waals surface area (Å²) in [4.78, 5) is 20.1. The number of nitrogens with zero attached hydrogens (tertiary/aromatic N) is 2. The second-order valence-corrected chi connectivity index (χ2v) is 5.01. The van der Waals surface area contributed by atoms with Crippen LogP contribution in [0.2, 0.25) is 0 Å². The molecule has 3 rings (SSSR count). The van der Waals surface area contributed by atoms with Crippen molar-refractivity contribution in [3.05, 3.63) is 51.3 Å². The average Bonchev–Trinajstić information content (AvgIpc) is 2.84. The monoisotopic (exact) mass is 286 g/mol. The van der Waals surface area contributed by atoms with Gasteiger partial charge in [0.25, 0.3) is 0 Å². The van der Waals surface area contributed by atoms with Crippen LogP contribution in [0, 0.1) is 6.92 Å². The maximum atomic E-state index is 11.8. The third-order valence-electron chi connectivity index (χ3n) is 2.73. The Hall–Kier alpha value is -2.47. The fourth-order valence-electron chi connectivity index (χ4n) is 1.78. The predicted octanol–water partition coefficient (Wildman–Crippen LogP) is 3.01. The summed E-state index contributed by atoms with van der Waals surface area (Å²) < 4.78 is 5.14. The highest BCUT2D eigenvalue weighted by atomic mass is 32.1. The molecular formula is C14H10N2O3S. The summed E-state index contributed by atoms with van der Waals surface area (Å²) in [6, 6.07) is 6.80. The maximum absolute atomic E-state index is 11.8. The van der Waals surface area contributed by atoms with Crippen LogP contribution in [0.1, 0.15) is 11.3 Å². The van der Waals surface area contributed by atoms with Crippen molar-refractivity contribution in [1.29, 1.82) is 0 Å². The Morgan fingerprint density at radius 2 is 2.20 bits per heavy atom. The Kier molecular flexibility index (Phi) is 3.08. The molecule has 6 heteroatoms. The number of hydrogen-bond donors (Lipinski definition) is 1. The van der Waals surface area contributed by atoms with E-state index in [1.165, 1.54) is 17.6 Å². The van der Waals surface area contributed by atoms with E-state index in [1.54, 1.807) is 24.3 Å². The smallest absolute Gasteiger partial charge is 0.348 e. The predicted molar refractivity (Wildman–Crippen MR) is 78.3 cm³/mol. The number of aryl methyl sites for hydroxylation is 1. The lowest BCUT2D eigenvalue weighted by Gasteiger charge is -2.01. The number of aromatic hydroxyl groups is 1. The van der Waals surface area contributed by atoms with E-state index >= 15 is 0 Å². The van der Waals surface area contributed by atoms with E-state index in [4.69, 9.17) is 4.42 Å². The number of fused-ring (bicyclic) bond motifs is 1. The largest absolute Gasteiger partial charge is 0.506 e. The molecule has 0 fully saturated rings. The number of aliphatic imine (C=N–C) groups is 1. The fraction of sp³-hybridized carbons (Fsp3) is 0.0714. The van der Waals surface area contributed by atoms with Crippen LogP contribution in [0.4, 0.5) is 5.13 Å². The zero-order chi connectivity index (χ0) is 14.1. The lowest BCUT2D eigenvalue weighted by atomic mass is 10.1. The molecule has 0 aliphatic carbocycles. The third kappa shape index (κ3) is 2.21. The van der Waals surface area contributed by atoms with Gasteiger partial charge in [-0.1, -0.05) is 12.1 Å². The van der Waals surface area contributed by atoms with Gasteiger partial charge in [-0.3, -0.25) is 0 Å². The molecule has 0 aliphatic rings. The van der Waals surface area contributed by atoms with Crippen molar-refractivity contribution >= 4 is 33.7 Å². The highest BCUT2D eigenvalue weighted by Crippen LogP contribution is 2.25. The van der Waals surface area contributed by atoms with Gasteiger partial charge in [-0.15, -0.1) is 11.3 Å². The van der Waals surface area contributed by atoms with E-state index in [0.717, 1.165) is 5.69 Å². The third-order valence-corrected chi connectivity index (χ3v) is 3.60. The zero-order valence-electron chi connectivity index (χ0n) is 10.5. The Bertz CT molecular complexity index is 864. The van der Waals surface area contributed by atoms with Gasteiger partial charge in [0.15, 0.2) is 0 Å². The molecule has 2 aromatic heterocycles. The molecule has 100 valence electrons. The van der Waals surface area contributed by atoms with Gasteiger partial charge < -0.3 is 9.52 Å². The molecule has 0 amide bonds. The van der Waals surface area contributed by atoms with E-state index in [0.29, 0.717) is 16.1 Å². The number of aromatic nitrogens is 1. The van der Waals surface area contributed by atoms with Gasteiger partial charge in [0, 0.05) is 11.6 Å². The van der Waals surface area contributed by atoms with Gasteiger partial charge in [0.05, 0.1) is 11.1 Å². The molecule has 0 atom stereocenters. The minimum atomic E-state index is -0.627. The summed E-state index contributed by atoms with van der Waals surface area (Å²) in [6.45, 7) is 1.86. The van der Waals surface area contributed by atoms with Gasteiger partial charge >= 0.3 is 5.63 Å². The molecule has 0 aliphatic heterocycles. The number of rotatable bonds is 2. The van der Waals surface area contributed by atoms with Crippen LogP contribution >= 0.6 is 11.3 Å². The van der Waals surface area contributed by atoms with Crippen LogP contribution in [0.5, 0.6) is 5.75 Å². The van der Waals surface area contributed by atoms with Crippen molar-refractivity contribution in [3.8, 4) is 5.75 Å². The van der Waals surface area contributed by atoms with Crippen LogP contribution in [0.25, 0.3) is 11.0 Å². The van der Waals surface area contributed by atoms with Gasteiger partial charge in [-0.2, -0.15) is 0 Å². The van der Waals surface area contributed by atoms with E-state index in [-0.39, 0.29) is 11.3 Å². The number of hydrogen-bond acceptors (Lipinski definition) is 6. The Balaban J connectivity index is 2.12. The van der Waals surface area contributed by atoms with Crippen LogP contribution in [0.15, 0.2) is 43.8 Å². The zero-order valence-corrected chi connectivity index (χ0v) is 11.3. The fourth-order valence-corrected chi connectivity index (χ4v) is 2.42. The van der Waals surface area contributed by atoms with Crippen LogP contribution in [-0.2, 0) is 0 Å². The van der Waals surface area contributed by atoms with Crippen LogP contribution < -0.4 is 5.63 Å². The number of thiazole rings is 1. The lowest BCUT2D eigenvalue weighted by Crippen LogP contribution is -2.06. The summed E-state index contributed by atoms with van der Waals surface area (Å²) in [5, 5.41) is 13.0. The minimum absolute atomic E-state index is 0.0246. The number of para-hydroxylation sites is 1. The molecule has 0 radical (unpaired) electrons. The van der Waals surface area contributed by atoms with Gasteiger partial charge in [0.2, 0.25) is 5.13 Å². The van der Waals surface area contributed by atoms with Crippen molar-refractivity contribution in [2.24, 2.45) is 4.99 Å². The summed E-state index contributed by atoms with van der Waals surface area (Å²) in [6.07, 6.45) is 1.28. The lowest BCUT2D eigenvalue weighted by molar-refractivity contribution is 0.466. The topological polar surface area (TPSA) is 75.7 Å². The second kappa shape index (κ2) is 4.90. The first-order valence-corrected chi connectivity index (χ1v) is 6.74. The van der Waals surface area contributed by atoms with Crippen molar-refractivity contribution in [2.45, 2.75) is 6.92 Å². The normalized spacial score (nSPS) is 11.4. The summed E-state index contributed by atoms with van der Waals surface area (Å²) in [5.74, 6) is -0.131. The molecule has 0 bridgehead atoms. The molecule has 1 aromatic carbocycles. The Morgan fingerprint density at radius 3 is 2.95 bits per heavy atom. The SMILES string of the molecule is Cc1csc(N=Cc2c(O)c3ccccc3oc2=O)n1. The molecule has 1 N–H and O–H groups in total. The average molecular weight is 286 g/mol. The van der Waals surface area contributed by atoms with E-state index in [9.17, 15) is 9.90 Å². The van der Waals surface area contributed by atoms with Crippen LogP contribution in [0.3, 0.4) is 0 Å². The summed E-state index contributed by atoms with van der Waals surface area (Å²) >= 11 is 1.36. The van der Waals surface area contributed by atoms with Crippen molar-refractivity contribution in [2.75, 3.05) is 0 Å². The Labute approximate surface area is 117 Å². The standard InChI is InChI=1S/C14H10N2O3S/c1-8-7-20-14(16-8)15-6-10-12(17)9-4-2-3-5-11(9)19-13(10)18/h2-7,17H,1H3. The highest BCUT2D eigenvalue weighted by Gasteiger charge is 2.11. The first-order chi connectivity index (χ1) is 9.65. The first kappa shape index (κ1) is 12.6. The molecule has 0 saturated heterocycles.